The molecule has 0 aliphatic carbocycles. The first-order valence-electron chi connectivity index (χ1n) is 5.93. The van der Waals surface area contributed by atoms with Crippen molar-refractivity contribution in [1.29, 1.82) is 0 Å². The fraction of sp³-hybridized carbons (Fsp3) is 0.364. The molecular formula is C11H12N4O5. The summed E-state index contributed by atoms with van der Waals surface area (Å²) in [5.74, 6) is -0.0463. The number of nitro groups is 2. The number of amides is 1. The number of nitro benzene ring substituents is 2. The molecule has 20 heavy (non-hydrogen) atoms. The predicted octanol–water partition coefficient (Wildman–Crippen LogP) is 1.19. The number of carbonyl (C=O) groups excluding carboxylic acids is 1. The fourth-order valence-corrected chi connectivity index (χ4v) is 2.00. The van der Waals surface area contributed by atoms with E-state index in [2.05, 4.69) is 10.6 Å². The molecule has 0 radical (unpaired) electrons. The number of non-ortho nitro benzene ring substituents is 1. The number of benzene rings is 1. The predicted molar refractivity (Wildman–Crippen MR) is 69.4 cm³/mol. The van der Waals surface area contributed by atoms with Crippen molar-refractivity contribution in [3.05, 3.63) is 38.4 Å². The van der Waals surface area contributed by atoms with E-state index < -0.39 is 9.85 Å². The van der Waals surface area contributed by atoms with Crippen LogP contribution in [0.2, 0.25) is 0 Å². The third-order valence-electron chi connectivity index (χ3n) is 3.01. The summed E-state index contributed by atoms with van der Waals surface area (Å²) < 4.78 is 0. The fourth-order valence-electron chi connectivity index (χ4n) is 2.00. The Balaban J connectivity index is 2.12. The number of hydrogen-bond acceptors (Lipinski definition) is 6. The van der Waals surface area contributed by atoms with E-state index in [4.69, 9.17) is 0 Å². The second-order valence-corrected chi connectivity index (χ2v) is 4.40. The van der Waals surface area contributed by atoms with Gasteiger partial charge < -0.3 is 10.6 Å². The molecule has 2 N–H and O–H groups in total. The molecule has 1 saturated heterocycles. The Morgan fingerprint density at radius 3 is 2.60 bits per heavy atom. The van der Waals surface area contributed by atoms with Gasteiger partial charge in [0.05, 0.1) is 15.9 Å². The van der Waals surface area contributed by atoms with Gasteiger partial charge in [0.1, 0.15) is 5.69 Å². The summed E-state index contributed by atoms with van der Waals surface area (Å²) in [5.41, 5.74) is -0.498. The molecular weight excluding hydrogens is 268 g/mol. The number of anilines is 1. The van der Waals surface area contributed by atoms with E-state index in [1.807, 2.05) is 0 Å². The van der Waals surface area contributed by atoms with E-state index in [0.29, 0.717) is 19.4 Å². The highest BCUT2D eigenvalue weighted by atomic mass is 16.6. The van der Waals surface area contributed by atoms with Crippen molar-refractivity contribution in [3.8, 4) is 0 Å². The first kappa shape index (κ1) is 13.7. The molecule has 9 nitrogen and oxygen atoms in total. The number of rotatable bonds is 5. The lowest BCUT2D eigenvalue weighted by Gasteiger charge is -2.12. The zero-order valence-electron chi connectivity index (χ0n) is 10.4. The second kappa shape index (κ2) is 5.51. The second-order valence-electron chi connectivity index (χ2n) is 4.40. The molecule has 1 aromatic carbocycles. The Hall–Kier alpha value is -2.71. The highest BCUT2D eigenvalue weighted by Gasteiger charge is 2.23. The van der Waals surface area contributed by atoms with Crippen LogP contribution in [-0.4, -0.2) is 28.3 Å². The van der Waals surface area contributed by atoms with Gasteiger partial charge in [-0.25, -0.2) is 0 Å². The topological polar surface area (TPSA) is 127 Å². The summed E-state index contributed by atoms with van der Waals surface area (Å²) in [6, 6.07) is 3.32. The Kier molecular flexibility index (Phi) is 3.78. The van der Waals surface area contributed by atoms with Crippen LogP contribution in [0.4, 0.5) is 17.1 Å². The SMILES string of the molecule is O=C1CCC(CNc2ccc([N+](=O)[O-])cc2[N+](=O)[O-])N1. The normalized spacial score (nSPS) is 17.6. The zero-order valence-corrected chi connectivity index (χ0v) is 10.4. The van der Waals surface area contributed by atoms with Crippen molar-refractivity contribution in [2.75, 3.05) is 11.9 Å². The third-order valence-corrected chi connectivity index (χ3v) is 3.01. The van der Waals surface area contributed by atoms with E-state index in [1.165, 1.54) is 12.1 Å². The van der Waals surface area contributed by atoms with E-state index in [9.17, 15) is 25.0 Å². The van der Waals surface area contributed by atoms with Crippen molar-refractivity contribution >= 4 is 23.0 Å². The summed E-state index contributed by atoms with van der Waals surface area (Å²) in [6.07, 6.45) is 1.10. The Bertz CT molecular complexity index is 574. The average molecular weight is 280 g/mol. The standard InChI is InChI=1S/C11H12N4O5/c16-11-4-1-7(13-11)6-12-9-3-2-8(14(17)18)5-10(9)15(19)20/h2-3,5,7,12H,1,4,6H2,(H,13,16). The van der Waals surface area contributed by atoms with Gasteiger partial charge in [0.2, 0.25) is 5.91 Å². The van der Waals surface area contributed by atoms with E-state index in [1.54, 1.807) is 0 Å². The number of carbonyl (C=O) groups is 1. The minimum absolute atomic E-state index is 0.0463. The van der Waals surface area contributed by atoms with Crippen molar-refractivity contribution in [3.63, 3.8) is 0 Å². The average Bonchev–Trinajstić information content (AvgIpc) is 2.81. The molecule has 0 saturated carbocycles. The number of nitrogens with zero attached hydrogens (tertiary/aromatic N) is 2. The van der Waals surface area contributed by atoms with Gasteiger partial charge in [0.25, 0.3) is 11.4 Å². The summed E-state index contributed by atoms with van der Waals surface area (Å²) >= 11 is 0. The molecule has 1 atom stereocenters. The van der Waals surface area contributed by atoms with Gasteiger partial charge >= 0.3 is 0 Å². The summed E-state index contributed by atoms with van der Waals surface area (Å²) in [4.78, 5) is 31.2. The molecule has 1 unspecified atom stereocenters. The smallest absolute Gasteiger partial charge is 0.299 e. The van der Waals surface area contributed by atoms with Crippen LogP contribution in [-0.2, 0) is 4.79 Å². The molecule has 1 fully saturated rings. The quantitative estimate of drug-likeness (QED) is 0.616. The van der Waals surface area contributed by atoms with Crippen LogP contribution in [0.3, 0.4) is 0 Å². The maximum absolute atomic E-state index is 11.0. The van der Waals surface area contributed by atoms with E-state index in [0.717, 1.165) is 6.07 Å². The van der Waals surface area contributed by atoms with E-state index in [-0.39, 0.29) is 29.0 Å². The van der Waals surface area contributed by atoms with Crippen LogP contribution < -0.4 is 10.6 Å². The van der Waals surface area contributed by atoms with Gasteiger partial charge in [0, 0.05) is 25.1 Å². The van der Waals surface area contributed by atoms with E-state index >= 15 is 0 Å². The minimum atomic E-state index is -0.687. The first-order chi connectivity index (χ1) is 9.47. The van der Waals surface area contributed by atoms with Crippen LogP contribution >= 0.6 is 0 Å². The van der Waals surface area contributed by atoms with Crippen LogP contribution in [0.25, 0.3) is 0 Å². The largest absolute Gasteiger partial charge is 0.377 e. The minimum Gasteiger partial charge on any atom is -0.377 e. The van der Waals surface area contributed by atoms with Crippen LogP contribution in [0.1, 0.15) is 12.8 Å². The summed E-state index contributed by atoms with van der Waals surface area (Å²) in [7, 11) is 0. The maximum atomic E-state index is 11.0. The Morgan fingerprint density at radius 1 is 1.30 bits per heavy atom. The third kappa shape index (κ3) is 2.99. The van der Waals surface area contributed by atoms with Crippen molar-refractivity contribution in [2.24, 2.45) is 0 Å². The number of hydrogen-bond donors (Lipinski definition) is 2. The van der Waals surface area contributed by atoms with Crippen molar-refractivity contribution in [2.45, 2.75) is 18.9 Å². The number of nitrogens with one attached hydrogen (secondary N) is 2. The molecule has 2 rings (SSSR count). The van der Waals surface area contributed by atoms with Crippen LogP contribution in [0.5, 0.6) is 0 Å². The maximum Gasteiger partial charge on any atom is 0.299 e. The molecule has 1 amide bonds. The highest BCUT2D eigenvalue weighted by Crippen LogP contribution is 2.29. The van der Waals surface area contributed by atoms with Gasteiger partial charge in [-0.15, -0.1) is 0 Å². The zero-order chi connectivity index (χ0) is 14.7. The molecule has 1 aliphatic heterocycles. The van der Waals surface area contributed by atoms with Crippen molar-refractivity contribution in [1.82, 2.24) is 5.32 Å². The summed E-state index contributed by atoms with van der Waals surface area (Å²) in [6.45, 7) is 0.338. The molecule has 1 aliphatic rings. The highest BCUT2D eigenvalue weighted by molar-refractivity contribution is 5.78. The lowest BCUT2D eigenvalue weighted by Crippen LogP contribution is -2.31. The van der Waals surface area contributed by atoms with Crippen molar-refractivity contribution < 1.29 is 14.6 Å². The lowest BCUT2D eigenvalue weighted by atomic mass is 10.2. The van der Waals surface area contributed by atoms with Gasteiger partial charge in [-0.1, -0.05) is 0 Å². The van der Waals surface area contributed by atoms with Crippen LogP contribution in [0.15, 0.2) is 18.2 Å². The van der Waals surface area contributed by atoms with Gasteiger partial charge in [0.15, 0.2) is 0 Å². The van der Waals surface area contributed by atoms with Gasteiger partial charge in [-0.2, -0.15) is 0 Å². The molecule has 9 heteroatoms. The van der Waals surface area contributed by atoms with Crippen LogP contribution in [0, 0.1) is 20.2 Å². The summed E-state index contributed by atoms with van der Waals surface area (Å²) in [5, 5.41) is 27.1. The van der Waals surface area contributed by atoms with Gasteiger partial charge in [-0.3, -0.25) is 25.0 Å². The Morgan fingerprint density at radius 2 is 2.05 bits per heavy atom. The lowest BCUT2D eigenvalue weighted by molar-refractivity contribution is -0.393. The monoisotopic (exact) mass is 280 g/mol. The Labute approximate surface area is 113 Å². The molecule has 0 bridgehead atoms. The first-order valence-corrected chi connectivity index (χ1v) is 5.93. The molecule has 106 valence electrons. The molecule has 0 aromatic heterocycles. The molecule has 0 spiro atoms. The molecule has 1 aromatic rings. The van der Waals surface area contributed by atoms with Gasteiger partial charge in [-0.05, 0) is 12.5 Å². The molecule has 1 heterocycles.